The fourth-order valence-electron chi connectivity index (χ4n) is 2.76. The molecule has 2 aromatic carbocycles. The Labute approximate surface area is 177 Å². The van der Waals surface area contributed by atoms with Crippen molar-refractivity contribution in [2.24, 2.45) is 0 Å². The topological polar surface area (TPSA) is 58.6 Å². The van der Waals surface area contributed by atoms with Gasteiger partial charge in [0.15, 0.2) is 0 Å². The molecule has 0 bridgehead atoms. The van der Waals surface area contributed by atoms with Crippen LogP contribution in [0.5, 0.6) is 5.75 Å². The summed E-state index contributed by atoms with van der Waals surface area (Å²) in [7, 11) is 1.61. The van der Waals surface area contributed by atoms with Crippen molar-refractivity contribution in [1.82, 2.24) is 10.2 Å². The summed E-state index contributed by atoms with van der Waals surface area (Å²) in [6.45, 7) is 6.11. The number of amides is 2. The van der Waals surface area contributed by atoms with E-state index in [1.54, 1.807) is 18.9 Å². The first kappa shape index (κ1) is 22.8. The van der Waals surface area contributed by atoms with E-state index in [2.05, 4.69) is 5.32 Å². The van der Waals surface area contributed by atoms with Gasteiger partial charge >= 0.3 is 0 Å². The van der Waals surface area contributed by atoms with Gasteiger partial charge in [0.1, 0.15) is 11.8 Å². The van der Waals surface area contributed by atoms with E-state index in [0.717, 1.165) is 22.6 Å². The van der Waals surface area contributed by atoms with Crippen LogP contribution < -0.4 is 10.1 Å². The molecular formula is C23H30N2O3S. The highest BCUT2D eigenvalue weighted by Gasteiger charge is 2.26. The number of nitrogens with zero attached hydrogens (tertiary/aromatic N) is 1. The summed E-state index contributed by atoms with van der Waals surface area (Å²) in [5.74, 6) is 0.786. The molecule has 2 aromatic rings. The van der Waals surface area contributed by atoms with E-state index in [4.69, 9.17) is 4.74 Å². The normalized spacial score (nSPS) is 12.7. The van der Waals surface area contributed by atoms with Gasteiger partial charge in [-0.3, -0.25) is 9.59 Å². The molecule has 0 fully saturated rings. The summed E-state index contributed by atoms with van der Waals surface area (Å²) in [5, 5.41) is 2.98. The minimum atomic E-state index is -0.570. The van der Waals surface area contributed by atoms with Gasteiger partial charge in [-0.2, -0.15) is 0 Å². The molecule has 0 saturated carbocycles. The largest absolute Gasteiger partial charge is 0.497 e. The molecule has 0 aliphatic rings. The number of hydrogen-bond donors (Lipinski definition) is 1. The van der Waals surface area contributed by atoms with Crippen LogP contribution >= 0.6 is 11.8 Å². The van der Waals surface area contributed by atoms with Gasteiger partial charge in [-0.05, 0) is 50.1 Å². The highest BCUT2D eigenvalue weighted by atomic mass is 32.2. The van der Waals surface area contributed by atoms with Gasteiger partial charge in [0.25, 0.3) is 0 Å². The lowest BCUT2D eigenvalue weighted by atomic mass is 10.1. The predicted molar refractivity (Wildman–Crippen MR) is 118 cm³/mol. The molecule has 0 spiro atoms. The second kappa shape index (κ2) is 11.5. The Bertz CT molecular complexity index is 798. The maximum atomic E-state index is 13.1. The molecule has 2 unspecified atom stereocenters. The van der Waals surface area contributed by atoms with Crippen molar-refractivity contribution in [1.29, 1.82) is 0 Å². The molecule has 156 valence electrons. The van der Waals surface area contributed by atoms with E-state index in [0.29, 0.717) is 6.54 Å². The summed E-state index contributed by atoms with van der Waals surface area (Å²) in [4.78, 5) is 28.4. The average Bonchev–Trinajstić information content (AvgIpc) is 2.76. The van der Waals surface area contributed by atoms with Crippen molar-refractivity contribution in [3.8, 4) is 5.75 Å². The molecule has 2 amide bonds. The van der Waals surface area contributed by atoms with Crippen LogP contribution in [0.3, 0.4) is 0 Å². The Kier molecular flexibility index (Phi) is 9.06. The first-order valence-corrected chi connectivity index (χ1v) is 10.8. The quantitative estimate of drug-likeness (QED) is 0.594. The Morgan fingerprint density at radius 3 is 2.48 bits per heavy atom. The lowest BCUT2D eigenvalue weighted by Gasteiger charge is -2.29. The van der Waals surface area contributed by atoms with Gasteiger partial charge in [-0.15, -0.1) is 11.8 Å². The summed E-state index contributed by atoms with van der Waals surface area (Å²) < 4.78 is 5.29. The Hall–Kier alpha value is -2.47. The zero-order valence-corrected chi connectivity index (χ0v) is 18.4. The van der Waals surface area contributed by atoms with Gasteiger partial charge in [-0.1, -0.05) is 37.3 Å². The molecule has 6 heteroatoms. The molecular weight excluding hydrogens is 384 g/mol. The van der Waals surface area contributed by atoms with Gasteiger partial charge in [0, 0.05) is 17.5 Å². The third-order valence-electron chi connectivity index (χ3n) is 4.76. The third-order valence-corrected chi connectivity index (χ3v) is 5.76. The van der Waals surface area contributed by atoms with E-state index in [9.17, 15) is 9.59 Å². The highest BCUT2D eigenvalue weighted by molar-refractivity contribution is 8.00. The van der Waals surface area contributed by atoms with Crippen molar-refractivity contribution in [2.75, 3.05) is 12.9 Å². The van der Waals surface area contributed by atoms with E-state index < -0.39 is 6.04 Å². The van der Waals surface area contributed by atoms with Crippen LogP contribution in [0.25, 0.3) is 0 Å². The van der Waals surface area contributed by atoms with Gasteiger partial charge in [-0.25, -0.2) is 0 Å². The highest BCUT2D eigenvalue weighted by Crippen LogP contribution is 2.20. The summed E-state index contributed by atoms with van der Waals surface area (Å²) in [6.07, 6.45) is 0.839. The third kappa shape index (κ3) is 7.13. The van der Waals surface area contributed by atoms with Crippen molar-refractivity contribution in [3.05, 3.63) is 60.2 Å². The summed E-state index contributed by atoms with van der Waals surface area (Å²) in [6, 6.07) is 16.9. The van der Waals surface area contributed by atoms with E-state index in [-0.39, 0.29) is 23.6 Å². The molecule has 0 aliphatic carbocycles. The maximum absolute atomic E-state index is 13.1. The molecule has 0 saturated heterocycles. The van der Waals surface area contributed by atoms with E-state index >= 15 is 0 Å². The van der Waals surface area contributed by atoms with Gasteiger partial charge in [0.05, 0.1) is 12.9 Å². The van der Waals surface area contributed by atoms with Gasteiger partial charge < -0.3 is 15.0 Å². The minimum Gasteiger partial charge on any atom is -0.497 e. The lowest BCUT2D eigenvalue weighted by Crippen LogP contribution is -2.50. The SMILES string of the molecule is CCC(C)NC(=O)C(C)N(Cc1cccc(OC)c1)C(=O)CSc1ccccc1. The Morgan fingerprint density at radius 1 is 1.10 bits per heavy atom. The number of carbonyl (C=O) groups is 2. The number of thioether (sulfide) groups is 1. The van der Waals surface area contributed by atoms with Crippen LogP contribution in [0.15, 0.2) is 59.5 Å². The van der Waals surface area contributed by atoms with Crippen molar-refractivity contribution >= 4 is 23.6 Å². The molecule has 0 heterocycles. The number of carbonyl (C=O) groups excluding carboxylic acids is 2. The zero-order valence-electron chi connectivity index (χ0n) is 17.6. The summed E-state index contributed by atoms with van der Waals surface area (Å²) in [5.41, 5.74) is 0.922. The van der Waals surface area contributed by atoms with Crippen molar-refractivity contribution in [2.45, 2.75) is 50.7 Å². The van der Waals surface area contributed by atoms with Crippen LogP contribution in [0.2, 0.25) is 0 Å². The monoisotopic (exact) mass is 414 g/mol. The van der Waals surface area contributed by atoms with Crippen LogP contribution in [0.4, 0.5) is 0 Å². The molecule has 0 radical (unpaired) electrons. The zero-order chi connectivity index (χ0) is 21.2. The summed E-state index contributed by atoms with van der Waals surface area (Å²) >= 11 is 1.47. The molecule has 1 N–H and O–H groups in total. The second-order valence-corrected chi connectivity index (χ2v) is 8.02. The number of ether oxygens (including phenoxy) is 1. The Balaban J connectivity index is 2.16. The molecule has 0 aromatic heterocycles. The van der Waals surface area contributed by atoms with Crippen molar-refractivity contribution < 1.29 is 14.3 Å². The fraction of sp³-hybridized carbons (Fsp3) is 0.391. The minimum absolute atomic E-state index is 0.0671. The first-order valence-electron chi connectivity index (χ1n) is 9.85. The van der Waals surface area contributed by atoms with Crippen molar-refractivity contribution in [3.63, 3.8) is 0 Å². The van der Waals surface area contributed by atoms with Crippen LogP contribution in [-0.4, -0.2) is 41.7 Å². The van der Waals surface area contributed by atoms with Gasteiger partial charge in [0.2, 0.25) is 11.8 Å². The molecule has 0 aliphatic heterocycles. The number of hydrogen-bond acceptors (Lipinski definition) is 4. The first-order chi connectivity index (χ1) is 13.9. The average molecular weight is 415 g/mol. The Morgan fingerprint density at radius 2 is 1.83 bits per heavy atom. The standard InChI is InChI=1S/C23H30N2O3S/c1-5-17(2)24-23(27)18(3)25(15-19-10-9-11-20(14-19)28-4)22(26)16-29-21-12-7-6-8-13-21/h6-14,17-18H,5,15-16H2,1-4H3,(H,24,27). The predicted octanol–water partition coefficient (Wildman–Crippen LogP) is 4.12. The van der Waals surface area contributed by atoms with Crippen LogP contribution in [-0.2, 0) is 16.1 Å². The fourth-order valence-corrected chi connectivity index (χ4v) is 3.57. The second-order valence-electron chi connectivity index (χ2n) is 6.97. The molecule has 2 rings (SSSR count). The van der Waals surface area contributed by atoms with E-state index in [1.165, 1.54) is 11.8 Å². The van der Waals surface area contributed by atoms with E-state index in [1.807, 2.05) is 68.4 Å². The number of benzene rings is 2. The molecule has 29 heavy (non-hydrogen) atoms. The lowest BCUT2D eigenvalue weighted by molar-refractivity contribution is -0.138. The maximum Gasteiger partial charge on any atom is 0.242 e. The number of methoxy groups -OCH3 is 1. The van der Waals surface area contributed by atoms with Crippen LogP contribution in [0.1, 0.15) is 32.8 Å². The molecule has 5 nitrogen and oxygen atoms in total. The van der Waals surface area contributed by atoms with Crippen LogP contribution in [0, 0.1) is 0 Å². The number of nitrogens with one attached hydrogen (secondary N) is 1. The molecule has 2 atom stereocenters. The number of rotatable bonds is 10. The smallest absolute Gasteiger partial charge is 0.242 e.